The summed E-state index contributed by atoms with van der Waals surface area (Å²) >= 11 is 0. The molecule has 1 heterocycles. The number of carboxylic acids is 1. The van der Waals surface area contributed by atoms with Crippen molar-refractivity contribution in [2.45, 2.75) is 44.9 Å². The second-order valence-electron chi connectivity index (χ2n) is 5.63. The van der Waals surface area contributed by atoms with Crippen molar-refractivity contribution in [1.29, 1.82) is 0 Å². The number of hydrogen-bond acceptors (Lipinski definition) is 3. The maximum absolute atomic E-state index is 12.0. The Morgan fingerprint density at radius 1 is 1.30 bits per heavy atom. The van der Waals surface area contributed by atoms with Crippen molar-refractivity contribution in [3.05, 3.63) is 24.2 Å². The second kappa shape index (κ2) is 6.59. The Balaban J connectivity index is 1.78. The van der Waals surface area contributed by atoms with Crippen LogP contribution in [0, 0.1) is 5.41 Å². The van der Waals surface area contributed by atoms with E-state index in [1.807, 2.05) is 12.1 Å². The van der Waals surface area contributed by atoms with Crippen molar-refractivity contribution in [2.75, 3.05) is 6.54 Å². The highest BCUT2D eigenvalue weighted by Crippen LogP contribution is 2.43. The Kier molecular flexibility index (Phi) is 4.82. The fourth-order valence-electron chi connectivity index (χ4n) is 3.04. The molecule has 2 rings (SSSR count). The molecule has 110 valence electrons. The van der Waals surface area contributed by atoms with Crippen molar-refractivity contribution in [1.82, 2.24) is 5.32 Å². The summed E-state index contributed by atoms with van der Waals surface area (Å²) in [6.07, 6.45) is 6.40. The van der Waals surface area contributed by atoms with Crippen LogP contribution in [0.1, 0.15) is 44.3 Å². The Morgan fingerprint density at radius 3 is 2.65 bits per heavy atom. The molecule has 20 heavy (non-hydrogen) atoms. The minimum Gasteiger partial charge on any atom is -0.481 e. The minimum atomic E-state index is -0.810. The van der Waals surface area contributed by atoms with Gasteiger partial charge in [-0.2, -0.15) is 0 Å². The second-order valence-corrected chi connectivity index (χ2v) is 5.63. The largest absolute Gasteiger partial charge is 0.481 e. The average Bonchev–Trinajstić information content (AvgIpc) is 3.00. The number of carbonyl (C=O) groups excluding carboxylic acids is 1. The maximum Gasteiger partial charge on any atom is 0.303 e. The monoisotopic (exact) mass is 279 g/mol. The van der Waals surface area contributed by atoms with Crippen molar-refractivity contribution in [3.63, 3.8) is 0 Å². The molecule has 0 aromatic carbocycles. The van der Waals surface area contributed by atoms with Gasteiger partial charge in [0.1, 0.15) is 5.76 Å². The fraction of sp³-hybridized carbons (Fsp3) is 0.600. The van der Waals surface area contributed by atoms with Crippen LogP contribution in [0.4, 0.5) is 0 Å². The van der Waals surface area contributed by atoms with Gasteiger partial charge in [-0.15, -0.1) is 0 Å². The number of hydrogen-bond donors (Lipinski definition) is 2. The summed E-state index contributed by atoms with van der Waals surface area (Å²) in [7, 11) is 0. The van der Waals surface area contributed by atoms with Gasteiger partial charge >= 0.3 is 5.97 Å². The first-order valence-corrected chi connectivity index (χ1v) is 7.11. The van der Waals surface area contributed by atoms with E-state index in [1.165, 1.54) is 0 Å². The van der Waals surface area contributed by atoms with E-state index < -0.39 is 5.97 Å². The third kappa shape index (κ3) is 4.11. The Bertz CT molecular complexity index is 446. The summed E-state index contributed by atoms with van der Waals surface area (Å²) in [5.74, 6) is -0.0265. The predicted molar refractivity (Wildman–Crippen MR) is 73.2 cm³/mol. The van der Waals surface area contributed by atoms with Gasteiger partial charge in [-0.1, -0.05) is 12.8 Å². The zero-order valence-electron chi connectivity index (χ0n) is 11.6. The van der Waals surface area contributed by atoms with Crippen LogP contribution < -0.4 is 5.32 Å². The molecule has 0 saturated heterocycles. The molecule has 1 aromatic rings. The Hall–Kier alpha value is -1.78. The lowest BCUT2D eigenvalue weighted by atomic mass is 9.79. The summed E-state index contributed by atoms with van der Waals surface area (Å²) in [4.78, 5) is 22.9. The highest BCUT2D eigenvalue weighted by molar-refractivity contribution is 5.78. The fourth-order valence-corrected chi connectivity index (χ4v) is 3.04. The Morgan fingerprint density at radius 2 is 2.05 bits per heavy atom. The standard InChI is InChI=1S/C15H21NO4/c17-13(16-8-5-12-4-3-9-20-12)10-15(11-14(18)19)6-1-2-7-15/h3-4,9H,1-2,5-8,10-11H2,(H,16,17)(H,18,19). The number of furan rings is 1. The lowest BCUT2D eigenvalue weighted by Crippen LogP contribution is -2.33. The van der Waals surface area contributed by atoms with Crippen LogP contribution in [0.2, 0.25) is 0 Å². The van der Waals surface area contributed by atoms with Crippen LogP contribution in [0.3, 0.4) is 0 Å². The molecule has 1 amide bonds. The summed E-state index contributed by atoms with van der Waals surface area (Å²) in [6.45, 7) is 0.523. The highest BCUT2D eigenvalue weighted by Gasteiger charge is 2.37. The van der Waals surface area contributed by atoms with Gasteiger partial charge in [-0.05, 0) is 30.4 Å². The average molecular weight is 279 g/mol. The van der Waals surface area contributed by atoms with Gasteiger partial charge in [0.25, 0.3) is 0 Å². The number of carbonyl (C=O) groups is 2. The van der Waals surface area contributed by atoms with E-state index in [4.69, 9.17) is 9.52 Å². The number of aliphatic carboxylic acids is 1. The quantitative estimate of drug-likeness (QED) is 0.803. The molecule has 0 unspecified atom stereocenters. The van der Waals surface area contributed by atoms with E-state index in [9.17, 15) is 9.59 Å². The number of amides is 1. The molecule has 1 aliphatic carbocycles. The van der Waals surface area contributed by atoms with Crippen LogP contribution in [0.25, 0.3) is 0 Å². The van der Waals surface area contributed by atoms with E-state index in [1.54, 1.807) is 6.26 Å². The summed E-state index contributed by atoms with van der Waals surface area (Å²) in [6, 6.07) is 3.69. The van der Waals surface area contributed by atoms with E-state index in [0.717, 1.165) is 31.4 Å². The number of carboxylic acid groups (broad SMARTS) is 1. The van der Waals surface area contributed by atoms with Crippen LogP contribution in [0.5, 0.6) is 0 Å². The molecule has 2 N–H and O–H groups in total. The molecule has 0 atom stereocenters. The summed E-state index contributed by atoms with van der Waals surface area (Å²) in [5, 5.41) is 11.9. The van der Waals surface area contributed by atoms with Crippen LogP contribution >= 0.6 is 0 Å². The molecule has 0 radical (unpaired) electrons. The highest BCUT2D eigenvalue weighted by atomic mass is 16.4. The first-order valence-electron chi connectivity index (χ1n) is 7.11. The molecule has 0 spiro atoms. The third-order valence-electron chi connectivity index (χ3n) is 4.00. The molecule has 0 bridgehead atoms. The molecule has 1 saturated carbocycles. The van der Waals surface area contributed by atoms with Crippen LogP contribution in [0.15, 0.2) is 22.8 Å². The van der Waals surface area contributed by atoms with Gasteiger partial charge in [-0.25, -0.2) is 0 Å². The van der Waals surface area contributed by atoms with E-state index in [2.05, 4.69) is 5.32 Å². The van der Waals surface area contributed by atoms with Gasteiger partial charge in [-0.3, -0.25) is 9.59 Å². The lowest BCUT2D eigenvalue weighted by molar-refractivity contribution is -0.140. The summed E-state index contributed by atoms with van der Waals surface area (Å²) < 4.78 is 5.19. The normalized spacial score (nSPS) is 17.0. The molecule has 5 nitrogen and oxygen atoms in total. The third-order valence-corrected chi connectivity index (χ3v) is 4.00. The SMILES string of the molecule is O=C(O)CC1(CC(=O)NCCc2ccco2)CCCC1. The first-order chi connectivity index (χ1) is 9.60. The Labute approximate surface area is 118 Å². The molecule has 5 heteroatoms. The van der Waals surface area contributed by atoms with E-state index in [-0.39, 0.29) is 17.7 Å². The maximum atomic E-state index is 12.0. The van der Waals surface area contributed by atoms with Crippen molar-refractivity contribution in [2.24, 2.45) is 5.41 Å². The van der Waals surface area contributed by atoms with Gasteiger partial charge in [0, 0.05) is 19.4 Å². The van der Waals surface area contributed by atoms with Gasteiger partial charge in [0.2, 0.25) is 5.91 Å². The molecule has 0 aliphatic heterocycles. The van der Waals surface area contributed by atoms with E-state index in [0.29, 0.717) is 19.4 Å². The van der Waals surface area contributed by atoms with Crippen molar-refractivity contribution < 1.29 is 19.1 Å². The van der Waals surface area contributed by atoms with Gasteiger partial charge in [0.15, 0.2) is 0 Å². The smallest absolute Gasteiger partial charge is 0.303 e. The van der Waals surface area contributed by atoms with Gasteiger partial charge in [0.05, 0.1) is 12.7 Å². The topological polar surface area (TPSA) is 79.5 Å². The first kappa shape index (κ1) is 14.6. The minimum absolute atomic E-state index is 0.0558. The zero-order chi connectivity index (χ0) is 14.4. The molecule has 1 fully saturated rings. The zero-order valence-corrected chi connectivity index (χ0v) is 11.6. The van der Waals surface area contributed by atoms with Gasteiger partial charge < -0.3 is 14.8 Å². The van der Waals surface area contributed by atoms with E-state index >= 15 is 0 Å². The summed E-state index contributed by atoms with van der Waals surface area (Å²) in [5.41, 5.74) is -0.333. The number of nitrogens with one attached hydrogen (secondary N) is 1. The number of rotatable bonds is 7. The van der Waals surface area contributed by atoms with Crippen molar-refractivity contribution in [3.8, 4) is 0 Å². The molecule has 1 aliphatic rings. The lowest BCUT2D eigenvalue weighted by Gasteiger charge is -2.26. The molecular weight excluding hydrogens is 258 g/mol. The predicted octanol–water partition coefficient (Wildman–Crippen LogP) is 2.36. The van der Waals surface area contributed by atoms with Crippen LogP contribution in [-0.4, -0.2) is 23.5 Å². The van der Waals surface area contributed by atoms with Crippen LogP contribution in [-0.2, 0) is 16.0 Å². The molecule has 1 aromatic heterocycles. The molecular formula is C15H21NO4. The van der Waals surface area contributed by atoms with Crippen molar-refractivity contribution >= 4 is 11.9 Å².